The van der Waals surface area contributed by atoms with E-state index in [1.807, 2.05) is 0 Å². The van der Waals surface area contributed by atoms with Gasteiger partial charge in [0, 0.05) is 6.92 Å². The molecule has 1 amide bonds. The highest BCUT2D eigenvalue weighted by Gasteiger charge is 2.54. The molecule has 0 aromatic carbocycles. The second-order valence-corrected chi connectivity index (χ2v) is 11.4. The van der Waals surface area contributed by atoms with Gasteiger partial charge in [0.25, 0.3) is 0 Å². The molecule has 0 radical (unpaired) electrons. The Bertz CT molecular complexity index is 952. The molecule has 13 N–H and O–H groups in total. The van der Waals surface area contributed by atoms with Gasteiger partial charge in [-0.2, -0.15) is 0 Å². The molecule has 18 unspecified atom stereocenters. The molecule has 3 saturated heterocycles. The van der Waals surface area contributed by atoms with Gasteiger partial charge in [0.05, 0.1) is 39.1 Å². The highest BCUT2D eigenvalue weighted by molar-refractivity contribution is 5.73. The molecule has 0 aromatic heterocycles. The molecule has 18 atom stereocenters. The summed E-state index contributed by atoms with van der Waals surface area (Å²) in [5, 5.41) is 124. The molecule has 276 valence electrons. The monoisotopic (exact) mass is 693 g/mol. The number of ether oxygens (including phenoxy) is 7. The average Bonchev–Trinajstić information content (AvgIpc) is 3.04. The van der Waals surface area contributed by atoms with Crippen LogP contribution >= 0.6 is 0 Å². The van der Waals surface area contributed by atoms with Gasteiger partial charge in [0.15, 0.2) is 25.2 Å². The minimum absolute atomic E-state index is 0.697. The first-order valence-electron chi connectivity index (χ1n) is 14.9. The number of carbonyl (C=O) groups excluding carboxylic acids is 1. The van der Waals surface area contributed by atoms with E-state index in [0.717, 1.165) is 6.92 Å². The van der Waals surface area contributed by atoms with Crippen molar-refractivity contribution >= 4 is 5.91 Å². The van der Waals surface area contributed by atoms with E-state index in [1.54, 1.807) is 0 Å². The summed E-state index contributed by atoms with van der Waals surface area (Å²) in [6.45, 7) is -1.60. The number of carbonyl (C=O) groups is 1. The second-order valence-electron chi connectivity index (χ2n) is 11.4. The number of hydrogen-bond acceptors (Lipinski definition) is 20. The zero-order chi connectivity index (χ0) is 35.2. The summed E-state index contributed by atoms with van der Waals surface area (Å²) in [6.07, 6.45) is -28.1. The van der Waals surface area contributed by atoms with Crippen molar-refractivity contribution in [2.24, 2.45) is 0 Å². The van der Waals surface area contributed by atoms with Crippen molar-refractivity contribution < 1.29 is 99.2 Å². The summed E-state index contributed by atoms with van der Waals surface area (Å²) in [4.78, 5) is 12.2. The van der Waals surface area contributed by atoms with Crippen molar-refractivity contribution in [2.45, 2.75) is 124 Å². The summed E-state index contributed by atoms with van der Waals surface area (Å²) >= 11 is 0. The van der Waals surface area contributed by atoms with Crippen LogP contribution in [0.2, 0.25) is 0 Å². The van der Waals surface area contributed by atoms with E-state index in [0.29, 0.717) is 0 Å². The van der Waals surface area contributed by atoms with E-state index in [9.17, 15) is 61.0 Å². The number of hydrogen-bond donors (Lipinski definition) is 13. The lowest BCUT2D eigenvalue weighted by molar-refractivity contribution is -0.381. The molecule has 3 rings (SSSR count). The fourth-order valence-corrected chi connectivity index (χ4v) is 5.31. The smallest absolute Gasteiger partial charge is 0.217 e. The maximum atomic E-state index is 12.2. The molecule has 0 aromatic rings. The Morgan fingerprint density at radius 1 is 0.723 bits per heavy atom. The van der Waals surface area contributed by atoms with Gasteiger partial charge in [-0.3, -0.25) is 4.79 Å². The van der Waals surface area contributed by atoms with E-state index in [-0.39, 0.29) is 0 Å². The van der Waals surface area contributed by atoms with Crippen LogP contribution in [0, 0.1) is 0 Å². The highest BCUT2D eigenvalue weighted by atomic mass is 16.8. The van der Waals surface area contributed by atoms with Crippen LogP contribution in [0.5, 0.6) is 0 Å². The van der Waals surface area contributed by atoms with E-state index < -0.39 is 149 Å². The Labute approximate surface area is 268 Å². The SMILES string of the molecule is CC(=O)NC1C(OCC(O)C(CO)OC(O)CO)OC(CO)C(O)C1OC1OC(CO)C(O)C(O)C1OC1OC(C)C(O)C(O)C1O. The summed E-state index contributed by atoms with van der Waals surface area (Å²) < 4.78 is 38.8. The Kier molecular flexibility index (Phi) is 15.5. The normalized spacial score (nSPS) is 43.2. The van der Waals surface area contributed by atoms with Crippen LogP contribution in [0.4, 0.5) is 0 Å². The molecular weight excluding hydrogens is 646 g/mol. The molecule has 0 saturated carbocycles. The van der Waals surface area contributed by atoms with Crippen molar-refractivity contribution in [1.82, 2.24) is 5.32 Å². The van der Waals surface area contributed by atoms with Gasteiger partial charge >= 0.3 is 0 Å². The fraction of sp³-hybridized carbons (Fsp3) is 0.962. The molecule has 0 aliphatic carbocycles. The third kappa shape index (κ3) is 9.70. The van der Waals surface area contributed by atoms with Crippen LogP contribution in [-0.2, 0) is 38.0 Å². The lowest BCUT2D eigenvalue weighted by atomic mass is 9.95. The molecular formula is C26H47NO20. The summed E-state index contributed by atoms with van der Waals surface area (Å²) in [5.41, 5.74) is 0. The second kappa shape index (κ2) is 18.1. The maximum absolute atomic E-state index is 12.2. The number of amides is 1. The Morgan fingerprint density at radius 2 is 1.32 bits per heavy atom. The summed E-state index contributed by atoms with van der Waals surface area (Å²) in [5.74, 6) is -0.708. The van der Waals surface area contributed by atoms with Gasteiger partial charge in [-0.15, -0.1) is 0 Å². The molecule has 3 heterocycles. The van der Waals surface area contributed by atoms with Gasteiger partial charge in [-0.05, 0) is 6.92 Å². The highest BCUT2D eigenvalue weighted by Crippen LogP contribution is 2.33. The zero-order valence-corrected chi connectivity index (χ0v) is 25.6. The molecule has 3 fully saturated rings. The first-order chi connectivity index (χ1) is 22.2. The third-order valence-corrected chi connectivity index (χ3v) is 7.97. The average molecular weight is 694 g/mol. The lowest BCUT2D eigenvalue weighted by Gasteiger charge is -2.49. The number of rotatable bonds is 15. The Balaban J connectivity index is 1.89. The van der Waals surface area contributed by atoms with Crippen molar-refractivity contribution in [3.63, 3.8) is 0 Å². The first-order valence-corrected chi connectivity index (χ1v) is 14.9. The topological polar surface area (TPSA) is 336 Å². The number of aliphatic hydroxyl groups excluding tert-OH is 12. The Hall–Kier alpha value is -1.29. The minimum Gasteiger partial charge on any atom is -0.394 e. The predicted molar refractivity (Wildman–Crippen MR) is 146 cm³/mol. The predicted octanol–water partition coefficient (Wildman–Crippen LogP) is -8.33. The molecule has 0 bridgehead atoms. The Morgan fingerprint density at radius 3 is 1.89 bits per heavy atom. The standard InChI is InChI=1S/C26H47NO20/c1-8-16(35)19(38)21(40)25(42-8)47-23-20(39)17(36)12(4-29)45-26(23)46-22-15(27-9(2)32)24(44-13(5-30)18(22)37)41-7-10(33)11(3-28)43-14(34)6-31/h8,10-26,28-31,33-40H,3-7H2,1-2H3,(H,27,32). The van der Waals surface area contributed by atoms with E-state index in [4.69, 9.17) is 38.3 Å². The van der Waals surface area contributed by atoms with Crippen LogP contribution in [0.3, 0.4) is 0 Å². The van der Waals surface area contributed by atoms with Crippen LogP contribution in [-0.4, -0.2) is 211 Å². The fourth-order valence-electron chi connectivity index (χ4n) is 5.31. The summed E-state index contributed by atoms with van der Waals surface area (Å²) in [6, 6.07) is -1.48. The van der Waals surface area contributed by atoms with Crippen molar-refractivity contribution in [3.05, 3.63) is 0 Å². The van der Waals surface area contributed by atoms with E-state index in [2.05, 4.69) is 5.32 Å². The van der Waals surface area contributed by atoms with Crippen molar-refractivity contribution in [3.8, 4) is 0 Å². The first kappa shape index (κ1) is 40.1. The van der Waals surface area contributed by atoms with Gasteiger partial charge < -0.3 is 99.8 Å². The van der Waals surface area contributed by atoms with E-state index >= 15 is 0 Å². The number of nitrogens with one attached hydrogen (secondary N) is 1. The molecule has 0 spiro atoms. The summed E-state index contributed by atoms with van der Waals surface area (Å²) in [7, 11) is 0. The molecule has 21 nitrogen and oxygen atoms in total. The van der Waals surface area contributed by atoms with Gasteiger partial charge in [0.1, 0.15) is 79.3 Å². The van der Waals surface area contributed by atoms with Gasteiger partial charge in [0.2, 0.25) is 5.91 Å². The molecule has 21 heteroatoms. The van der Waals surface area contributed by atoms with Crippen LogP contribution in [0.25, 0.3) is 0 Å². The van der Waals surface area contributed by atoms with Crippen LogP contribution in [0.1, 0.15) is 13.8 Å². The lowest BCUT2D eigenvalue weighted by Crippen LogP contribution is -2.69. The van der Waals surface area contributed by atoms with Crippen molar-refractivity contribution in [2.75, 3.05) is 33.0 Å². The zero-order valence-electron chi connectivity index (χ0n) is 25.6. The van der Waals surface area contributed by atoms with E-state index in [1.165, 1.54) is 6.92 Å². The number of aliphatic hydroxyl groups is 12. The van der Waals surface area contributed by atoms with Crippen LogP contribution < -0.4 is 5.32 Å². The van der Waals surface area contributed by atoms with Crippen LogP contribution in [0.15, 0.2) is 0 Å². The van der Waals surface area contributed by atoms with Crippen molar-refractivity contribution in [1.29, 1.82) is 0 Å². The quantitative estimate of drug-likeness (QED) is 0.0708. The third-order valence-electron chi connectivity index (χ3n) is 7.97. The molecule has 3 aliphatic rings. The molecule has 3 aliphatic heterocycles. The van der Waals surface area contributed by atoms with Gasteiger partial charge in [-0.1, -0.05) is 0 Å². The minimum atomic E-state index is -1.92. The molecule has 47 heavy (non-hydrogen) atoms. The maximum Gasteiger partial charge on any atom is 0.217 e. The largest absolute Gasteiger partial charge is 0.394 e. The van der Waals surface area contributed by atoms with Gasteiger partial charge in [-0.25, -0.2) is 0 Å².